The van der Waals surface area contributed by atoms with Crippen molar-refractivity contribution < 1.29 is 14.0 Å². The van der Waals surface area contributed by atoms with Crippen molar-refractivity contribution in [1.82, 2.24) is 10.6 Å². The van der Waals surface area contributed by atoms with Crippen LogP contribution in [-0.2, 0) is 4.79 Å². The second-order valence-electron chi connectivity index (χ2n) is 5.66. The minimum atomic E-state index is -0.534. The molecule has 1 aliphatic carbocycles. The molecule has 0 aliphatic heterocycles. The lowest BCUT2D eigenvalue weighted by Crippen LogP contribution is -2.51. The van der Waals surface area contributed by atoms with Gasteiger partial charge in [0.1, 0.15) is 6.04 Å². The number of carbonyl (C=O) groups excluding carboxylic acids is 2. The van der Waals surface area contributed by atoms with Crippen LogP contribution in [0.25, 0.3) is 0 Å². The van der Waals surface area contributed by atoms with Crippen LogP contribution in [0.5, 0.6) is 0 Å². The summed E-state index contributed by atoms with van der Waals surface area (Å²) in [6, 6.07) is 2.96. The van der Waals surface area contributed by atoms with E-state index < -0.39 is 6.04 Å². The lowest BCUT2D eigenvalue weighted by molar-refractivity contribution is -0.124. The van der Waals surface area contributed by atoms with Gasteiger partial charge in [-0.25, -0.2) is 0 Å². The van der Waals surface area contributed by atoms with Gasteiger partial charge in [-0.05, 0) is 30.9 Å². The molecule has 1 atom stereocenters. The van der Waals surface area contributed by atoms with Crippen molar-refractivity contribution in [3.05, 3.63) is 24.2 Å². The van der Waals surface area contributed by atoms with Crippen molar-refractivity contribution in [3.63, 3.8) is 0 Å². The summed E-state index contributed by atoms with van der Waals surface area (Å²) in [6.45, 7) is 3.84. The molecule has 1 fully saturated rings. The molecule has 2 N–H and O–H groups in total. The summed E-state index contributed by atoms with van der Waals surface area (Å²) in [4.78, 5) is 24.3. The van der Waals surface area contributed by atoms with Crippen molar-refractivity contribution in [2.24, 2.45) is 5.92 Å². The van der Waals surface area contributed by atoms with Crippen LogP contribution in [-0.4, -0.2) is 23.9 Å². The Morgan fingerprint density at radius 3 is 2.55 bits per heavy atom. The van der Waals surface area contributed by atoms with Gasteiger partial charge in [-0.3, -0.25) is 9.59 Å². The molecule has 2 amide bonds. The zero-order chi connectivity index (χ0) is 14.5. The first-order valence-electron chi connectivity index (χ1n) is 7.22. The van der Waals surface area contributed by atoms with E-state index in [4.69, 9.17) is 4.42 Å². The number of hydrogen-bond donors (Lipinski definition) is 2. The van der Waals surface area contributed by atoms with Crippen molar-refractivity contribution >= 4 is 11.8 Å². The molecule has 20 heavy (non-hydrogen) atoms. The van der Waals surface area contributed by atoms with E-state index in [-0.39, 0.29) is 29.5 Å². The molecule has 0 spiro atoms. The molecule has 1 aliphatic rings. The van der Waals surface area contributed by atoms with Gasteiger partial charge in [-0.1, -0.05) is 26.7 Å². The fourth-order valence-corrected chi connectivity index (χ4v) is 2.52. The molecule has 0 aromatic carbocycles. The predicted molar refractivity (Wildman–Crippen MR) is 75.2 cm³/mol. The quantitative estimate of drug-likeness (QED) is 0.866. The van der Waals surface area contributed by atoms with Gasteiger partial charge in [-0.2, -0.15) is 0 Å². The first-order valence-corrected chi connectivity index (χ1v) is 7.22. The van der Waals surface area contributed by atoms with E-state index in [1.165, 1.54) is 6.26 Å². The molecule has 0 bridgehead atoms. The van der Waals surface area contributed by atoms with Crippen molar-refractivity contribution in [2.45, 2.75) is 51.6 Å². The Morgan fingerprint density at radius 2 is 2.00 bits per heavy atom. The third-order valence-corrected chi connectivity index (χ3v) is 3.68. The van der Waals surface area contributed by atoms with Crippen molar-refractivity contribution in [3.8, 4) is 0 Å². The summed E-state index contributed by atoms with van der Waals surface area (Å²) in [5.74, 6) is -0.207. The van der Waals surface area contributed by atoms with Crippen molar-refractivity contribution in [2.75, 3.05) is 0 Å². The predicted octanol–water partition coefficient (Wildman–Crippen LogP) is 2.09. The normalized spacial score (nSPS) is 17.1. The first-order chi connectivity index (χ1) is 9.58. The van der Waals surface area contributed by atoms with Crippen LogP contribution in [0.3, 0.4) is 0 Å². The van der Waals surface area contributed by atoms with Crippen LogP contribution >= 0.6 is 0 Å². The van der Waals surface area contributed by atoms with E-state index in [1.54, 1.807) is 12.1 Å². The largest absolute Gasteiger partial charge is 0.459 e. The first kappa shape index (κ1) is 14.6. The summed E-state index contributed by atoms with van der Waals surface area (Å²) in [6.07, 6.45) is 5.83. The van der Waals surface area contributed by atoms with Crippen LogP contribution in [0.2, 0.25) is 0 Å². The zero-order valence-electron chi connectivity index (χ0n) is 12.0. The van der Waals surface area contributed by atoms with E-state index in [0.29, 0.717) is 0 Å². The fourth-order valence-electron chi connectivity index (χ4n) is 2.52. The van der Waals surface area contributed by atoms with Gasteiger partial charge in [0.25, 0.3) is 5.91 Å². The van der Waals surface area contributed by atoms with Gasteiger partial charge in [0.2, 0.25) is 5.91 Å². The summed E-state index contributed by atoms with van der Waals surface area (Å²) in [7, 11) is 0. The monoisotopic (exact) mass is 278 g/mol. The van der Waals surface area contributed by atoms with Gasteiger partial charge in [0.15, 0.2) is 5.76 Å². The van der Waals surface area contributed by atoms with Crippen LogP contribution < -0.4 is 10.6 Å². The second-order valence-corrected chi connectivity index (χ2v) is 5.66. The molecule has 0 saturated heterocycles. The second kappa shape index (κ2) is 6.59. The number of carbonyl (C=O) groups is 2. The topological polar surface area (TPSA) is 71.3 Å². The van der Waals surface area contributed by atoms with E-state index in [2.05, 4.69) is 10.6 Å². The summed E-state index contributed by atoms with van der Waals surface area (Å²) in [5, 5.41) is 5.77. The van der Waals surface area contributed by atoms with Gasteiger partial charge < -0.3 is 15.1 Å². The molecule has 0 radical (unpaired) electrons. The maximum Gasteiger partial charge on any atom is 0.287 e. The minimum absolute atomic E-state index is 0.0234. The maximum atomic E-state index is 12.3. The highest BCUT2D eigenvalue weighted by molar-refractivity contribution is 5.95. The Balaban J connectivity index is 1.95. The van der Waals surface area contributed by atoms with Crippen LogP contribution in [0.4, 0.5) is 0 Å². The Kier molecular flexibility index (Phi) is 4.82. The Bertz CT molecular complexity index is 448. The average molecular weight is 278 g/mol. The van der Waals surface area contributed by atoms with Crippen LogP contribution in [0.1, 0.15) is 50.1 Å². The molecule has 1 aromatic rings. The molecular formula is C15H22N2O3. The molecule has 1 aromatic heterocycles. The van der Waals surface area contributed by atoms with E-state index in [0.717, 1.165) is 25.7 Å². The number of amides is 2. The molecular weight excluding hydrogens is 256 g/mol. The van der Waals surface area contributed by atoms with E-state index in [9.17, 15) is 9.59 Å². The lowest BCUT2D eigenvalue weighted by atomic mass is 10.0. The molecule has 1 heterocycles. The zero-order valence-corrected chi connectivity index (χ0v) is 12.0. The third kappa shape index (κ3) is 3.62. The van der Waals surface area contributed by atoms with Crippen LogP contribution in [0.15, 0.2) is 22.8 Å². The number of rotatable bonds is 5. The van der Waals surface area contributed by atoms with Gasteiger partial charge in [0.05, 0.1) is 6.26 Å². The summed E-state index contributed by atoms with van der Waals surface area (Å²) >= 11 is 0. The molecule has 5 heteroatoms. The SMILES string of the molecule is CC(C)[C@@H](NC(=O)c1ccco1)C(=O)NC1CCCC1. The molecule has 0 unspecified atom stereocenters. The minimum Gasteiger partial charge on any atom is -0.459 e. The number of hydrogen-bond acceptors (Lipinski definition) is 3. The highest BCUT2D eigenvalue weighted by Crippen LogP contribution is 2.18. The standard InChI is InChI=1S/C15H22N2O3/c1-10(2)13(15(19)16-11-6-3-4-7-11)17-14(18)12-8-5-9-20-12/h5,8-11,13H,3-4,6-7H2,1-2H3,(H,16,19)(H,17,18)/t13-/m1/s1. The Labute approximate surface area is 119 Å². The van der Waals surface area contributed by atoms with Gasteiger partial charge in [0, 0.05) is 6.04 Å². The Hall–Kier alpha value is -1.78. The number of furan rings is 1. The van der Waals surface area contributed by atoms with Crippen LogP contribution in [0, 0.1) is 5.92 Å². The molecule has 2 rings (SSSR count). The molecule has 1 saturated carbocycles. The maximum absolute atomic E-state index is 12.3. The fraction of sp³-hybridized carbons (Fsp3) is 0.600. The van der Waals surface area contributed by atoms with Crippen molar-refractivity contribution in [1.29, 1.82) is 0 Å². The smallest absolute Gasteiger partial charge is 0.287 e. The molecule has 5 nitrogen and oxygen atoms in total. The van der Waals surface area contributed by atoms with Gasteiger partial charge in [-0.15, -0.1) is 0 Å². The summed E-state index contributed by atoms with van der Waals surface area (Å²) < 4.78 is 5.05. The highest BCUT2D eigenvalue weighted by Gasteiger charge is 2.28. The van der Waals surface area contributed by atoms with Gasteiger partial charge >= 0.3 is 0 Å². The third-order valence-electron chi connectivity index (χ3n) is 3.68. The van der Waals surface area contributed by atoms with E-state index in [1.807, 2.05) is 13.8 Å². The highest BCUT2D eigenvalue weighted by atomic mass is 16.3. The lowest BCUT2D eigenvalue weighted by Gasteiger charge is -2.23. The van der Waals surface area contributed by atoms with E-state index >= 15 is 0 Å². The Morgan fingerprint density at radius 1 is 1.30 bits per heavy atom. The number of nitrogens with one attached hydrogen (secondary N) is 2. The molecule has 110 valence electrons. The summed E-state index contributed by atoms with van der Waals surface area (Å²) in [5.41, 5.74) is 0. The average Bonchev–Trinajstić information content (AvgIpc) is 3.07.